The summed E-state index contributed by atoms with van der Waals surface area (Å²) in [6, 6.07) is 8.16. The molecule has 1 N–H and O–H groups in total. The fraction of sp³-hybridized carbons (Fsp3) is 0.421. The summed E-state index contributed by atoms with van der Waals surface area (Å²) >= 11 is 6.27. The van der Waals surface area contributed by atoms with Gasteiger partial charge in [0.15, 0.2) is 0 Å². The van der Waals surface area contributed by atoms with Gasteiger partial charge in [0.25, 0.3) is 5.91 Å². The number of carboxylic acid groups (broad SMARTS) is 1. The summed E-state index contributed by atoms with van der Waals surface area (Å²) in [5.74, 6) is -0.580. The van der Waals surface area contributed by atoms with Crippen molar-refractivity contribution < 1.29 is 14.7 Å². The summed E-state index contributed by atoms with van der Waals surface area (Å²) in [5.41, 5.74) is 2.11. The monoisotopic (exact) mass is 390 g/mol. The molecule has 0 aromatic heterocycles. The van der Waals surface area contributed by atoms with Crippen molar-refractivity contribution in [1.82, 2.24) is 4.90 Å². The van der Waals surface area contributed by atoms with Crippen LogP contribution in [0.5, 0.6) is 0 Å². The van der Waals surface area contributed by atoms with E-state index in [0.717, 1.165) is 47.7 Å². The molecule has 1 amide bonds. The van der Waals surface area contributed by atoms with Crippen LogP contribution in [-0.2, 0) is 9.59 Å². The van der Waals surface area contributed by atoms with Gasteiger partial charge in [0, 0.05) is 18.8 Å². The number of carboxylic acids is 1. The summed E-state index contributed by atoms with van der Waals surface area (Å²) in [5, 5.41) is 8.89. The second kappa shape index (κ2) is 8.22. The molecule has 1 aliphatic heterocycles. The van der Waals surface area contributed by atoms with Gasteiger partial charge in [-0.05, 0) is 49.0 Å². The molecule has 1 aliphatic carbocycles. The minimum Gasteiger partial charge on any atom is -0.480 e. The smallest absolute Gasteiger partial charge is 0.323 e. The van der Waals surface area contributed by atoms with E-state index < -0.39 is 12.5 Å². The minimum atomic E-state index is -1.07. The topological polar surface area (TPSA) is 60.9 Å². The van der Waals surface area contributed by atoms with Crippen molar-refractivity contribution in [3.8, 4) is 0 Å². The van der Waals surface area contributed by atoms with E-state index in [1.54, 1.807) is 6.08 Å². The number of thiocarbonyl (C=S) groups is 1. The summed E-state index contributed by atoms with van der Waals surface area (Å²) in [6.07, 6.45) is 5.55. The number of anilines is 1. The van der Waals surface area contributed by atoms with Crippen molar-refractivity contribution in [3.63, 3.8) is 0 Å². The van der Waals surface area contributed by atoms with E-state index in [1.165, 1.54) is 18.5 Å². The van der Waals surface area contributed by atoms with Gasteiger partial charge < -0.3 is 10.0 Å². The standard InChI is InChI=1S/C19H22N2O3S2/c1-2-9-20(11-14-3-4-14)15-7-5-13(6-8-15)10-16-18(24)21(12-17(22)23)19(25)26-16/h5-8,10,14H,2-4,9,11-12H2,1H3,(H,22,23). The average molecular weight is 391 g/mol. The summed E-state index contributed by atoms with van der Waals surface area (Å²) < 4.78 is 0.291. The molecule has 1 aromatic carbocycles. The lowest BCUT2D eigenvalue weighted by Crippen LogP contribution is -2.33. The van der Waals surface area contributed by atoms with Gasteiger partial charge in [0.05, 0.1) is 4.91 Å². The zero-order valence-electron chi connectivity index (χ0n) is 14.7. The Morgan fingerprint density at radius 3 is 2.65 bits per heavy atom. The van der Waals surface area contributed by atoms with Crippen LogP contribution < -0.4 is 4.90 Å². The molecule has 0 radical (unpaired) electrons. The van der Waals surface area contributed by atoms with Crippen LogP contribution in [0.2, 0.25) is 0 Å². The van der Waals surface area contributed by atoms with E-state index in [1.807, 2.05) is 12.1 Å². The van der Waals surface area contributed by atoms with Gasteiger partial charge in [-0.3, -0.25) is 14.5 Å². The number of carbonyl (C=O) groups excluding carboxylic acids is 1. The van der Waals surface area contributed by atoms with Crippen molar-refractivity contribution in [2.45, 2.75) is 26.2 Å². The van der Waals surface area contributed by atoms with E-state index in [2.05, 4.69) is 24.0 Å². The Labute approximate surface area is 163 Å². The van der Waals surface area contributed by atoms with Crippen LogP contribution in [0, 0.1) is 5.92 Å². The largest absolute Gasteiger partial charge is 0.480 e. The highest BCUT2D eigenvalue weighted by molar-refractivity contribution is 8.26. The van der Waals surface area contributed by atoms with Crippen molar-refractivity contribution in [2.24, 2.45) is 5.92 Å². The Balaban J connectivity index is 1.72. The first-order valence-corrected chi connectivity index (χ1v) is 10.0. The first kappa shape index (κ1) is 18.9. The predicted octanol–water partition coefficient (Wildman–Crippen LogP) is 3.60. The van der Waals surface area contributed by atoms with Crippen molar-refractivity contribution in [1.29, 1.82) is 0 Å². The van der Waals surface area contributed by atoms with Crippen LogP contribution in [0.25, 0.3) is 6.08 Å². The summed E-state index contributed by atoms with van der Waals surface area (Å²) in [7, 11) is 0. The van der Waals surface area contributed by atoms with Gasteiger partial charge in [0.2, 0.25) is 0 Å². The van der Waals surface area contributed by atoms with Crippen LogP contribution in [0.15, 0.2) is 29.2 Å². The lowest BCUT2D eigenvalue weighted by Gasteiger charge is -2.24. The minimum absolute atomic E-state index is 0.291. The third-order valence-corrected chi connectivity index (χ3v) is 5.77. The van der Waals surface area contributed by atoms with Crippen molar-refractivity contribution >= 4 is 51.9 Å². The maximum Gasteiger partial charge on any atom is 0.323 e. The molecule has 0 atom stereocenters. The zero-order valence-corrected chi connectivity index (χ0v) is 16.3. The maximum atomic E-state index is 12.3. The molecule has 7 heteroatoms. The molecule has 1 saturated heterocycles. The molecule has 138 valence electrons. The van der Waals surface area contributed by atoms with Gasteiger partial charge in [-0.2, -0.15) is 0 Å². The fourth-order valence-electron chi connectivity index (χ4n) is 2.91. The number of rotatable bonds is 8. The second-order valence-electron chi connectivity index (χ2n) is 6.64. The molecule has 1 heterocycles. The third-order valence-electron chi connectivity index (χ3n) is 4.39. The molecule has 26 heavy (non-hydrogen) atoms. The van der Waals surface area contributed by atoms with Crippen LogP contribution in [0.1, 0.15) is 31.7 Å². The Hall–Kier alpha value is -1.86. The van der Waals surface area contributed by atoms with E-state index in [0.29, 0.717) is 9.23 Å². The Kier molecular flexibility index (Phi) is 5.98. The Bertz CT molecular complexity index is 742. The SMILES string of the molecule is CCCN(CC1CC1)c1ccc(C=C2SC(=S)N(CC(=O)O)C2=O)cc1. The van der Waals surface area contributed by atoms with Crippen molar-refractivity contribution in [2.75, 3.05) is 24.5 Å². The fourth-order valence-corrected chi connectivity index (χ4v) is 4.17. The van der Waals surface area contributed by atoms with E-state index in [4.69, 9.17) is 17.3 Å². The number of carbonyl (C=O) groups is 2. The first-order chi connectivity index (χ1) is 12.5. The highest BCUT2D eigenvalue weighted by Crippen LogP contribution is 2.33. The highest BCUT2D eigenvalue weighted by Gasteiger charge is 2.33. The number of aliphatic carboxylic acids is 1. The summed E-state index contributed by atoms with van der Waals surface area (Å²) in [6.45, 7) is 3.95. The van der Waals surface area contributed by atoms with E-state index in [-0.39, 0.29) is 5.91 Å². The quantitative estimate of drug-likeness (QED) is 0.541. The molecular weight excluding hydrogens is 368 g/mol. The third kappa shape index (κ3) is 4.65. The van der Waals surface area contributed by atoms with Gasteiger partial charge in [-0.25, -0.2) is 0 Å². The molecule has 3 rings (SSSR count). The Morgan fingerprint density at radius 2 is 2.08 bits per heavy atom. The molecule has 1 saturated carbocycles. The maximum absolute atomic E-state index is 12.3. The van der Waals surface area contributed by atoms with E-state index >= 15 is 0 Å². The molecule has 1 aromatic rings. The van der Waals surface area contributed by atoms with Crippen LogP contribution in [-0.4, -0.2) is 45.8 Å². The van der Waals surface area contributed by atoms with Crippen LogP contribution in [0.4, 0.5) is 5.69 Å². The number of hydrogen-bond acceptors (Lipinski definition) is 5. The molecule has 0 bridgehead atoms. The molecule has 2 aliphatic rings. The van der Waals surface area contributed by atoms with Crippen LogP contribution in [0.3, 0.4) is 0 Å². The van der Waals surface area contributed by atoms with Crippen LogP contribution >= 0.6 is 24.0 Å². The molecule has 0 unspecified atom stereocenters. The number of amides is 1. The lowest BCUT2D eigenvalue weighted by atomic mass is 10.1. The Morgan fingerprint density at radius 1 is 1.38 bits per heavy atom. The number of thioether (sulfide) groups is 1. The normalized spacial score (nSPS) is 18.7. The molecule has 5 nitrogen and oxygen atoms in total. The van der Waals surface area contributed by atoms with Gasteiger partial charge in [-0.1, -0.05) is 43.0 Å². The lowest BCUT2D eigenvalue weighted by molar-refractivity contribution is -0.140. The van der Waals surface area contributed by atoms with Gasteiger partial charge in [-0.15, -0.1) is 0 Å². The number of benzene rings is 1. The summed E-state index contributed by atoms with van der Waals surface area (Å²) in [4.78, 5) is 27.2. The van der Waals surface area contributed by atoms with E-state index in [9.17, 15) is 9.59 Å². The first-order valence-electron chi connectivity index (χ1n) is 8.80. The molecule has 2 fully saturated rings. The molecule has 0 spiro atoms. The van der Waals surface area contributed by atoms with Gasteiger partial charge >= 0.3 is 5.97 Å². The predicted molar refractivity (Wildman–Crippen MR) is 109 cm³/mol. The number of nitrogens with zero attached hydrogens (tertiary/aromatic N) is 2. The highest BCUT2D eigenvalue weighted by atomic mass is 32.2. The second-order valence-corrected chi connectivity index (χ2v) is 8.32. The average Bonchev–Trinajstić information content (AvgIpc) is 3.38. The zero-order chi connectivity index (χ0) is 18.7. The number of hydrogen-bond donors (Lipinski definition) is 1. The molecular formula is C19H22N2O3S2. The van der Waals surface area contributed by atoms with Crippen molar-refractivity contribution in [3.05, 3.63) is 34.7 Å². The van der Waals surface area contributed by atoms with Gasteiger partial charge in [0.1, 0.15) is 10.9 Å².